The monoisotopic (exact) mass is 344 g/mol. The number of nitrogens with zero attached hydrogens (tertiary/aromatic N) is 2. The molecule has 7 heteroatoms. The van der Waals surface area contributed by atoms with Crippen LogP contribution in [-0.2, 0) is 11.2 Å². The average molecular weight is 344 g/mol. The van der Waals surface area contributed by atoms with E-state index in [1.807, 2.05) is 19.1 Å². The lowest BCUT2D eigenvalue weighted by molar-refractivity contribution is -0.117. The third-order valence-corrected chi connectivity index (χ3v) is 4.56. The van der Waals surface area contributed by atoms with Crippen LogP contribution in [-0.4, -0.2) is 27.2 Å². The number of carbonyl (C=O) groups excluding carboxylic acids is 2. The molecule has 2 aromatic rings. The van der Waals surface area contributed by atoms with Crippen molar-refractivity contribution in [2.24, 2.45) is 5.92 Å². The van der Waals surface area contributed by atoms with Gasteiger partial charge < -0.3 is 5.32 Å². The van der Waals surface area contributed by atoms with Gasteiger partial charge in [0.1, 0.15) is 11.9 Å². The molecular formula is C17H20N4O2S. The molecule has 0 aliphatic heterocycles. The molecule has 2 amide bonds. The molecule has 1 heterocycles. The highest BCUT2D eigenvalue weighted by Gasteiger charge is 2.24. The Labute approximate surface area is 144 Å². The second kappa shape index (κ2) is 7.09. The fourth-order valence-corrected chi connectivity index (χ4v) is 2.91. The lowest BCUT2D eigenvalue weighted by Gasteiger charge is -2.13. The van der Waals surface area contributed by atoms with Crippen molar-refractivity contribution < 1.29 is 9.59 Å². The van der Waals surface area contributed by atoms with E-state index in [-0.39, 0.29) is 11.8 Å². The smallest absolute Gasteiger partial charge is 0.251 e. The van der Waals surface area contributed by atoms with Crippen molar-refractivity contribution in [3.05, 3.63) is 41.2 Å². The van der Waals surface area contributed by atoms with Crippen LogP contribution in [0.25, 0.3) is 0 Å². The summed E-state index contributed by atoms with van der Waals surface area (Å²) >= 11 is 1.18. The van der Waals surface area contributed by atoms with E-state index >= 15 is 0 Å². The maximum Gasteiger partial charge on any atom is 0.251 e. The van der Waals surface area contributed by atoms with Gasteiger partial charge in [-0.25, -0.2) is 4.98 Å². The largest absolute Gasteiger partial charge is 0.341 e. The number of carbonyl (C=O) groups is 2. The first-order valence-electron chi connectivity index (χ1n) is 8.02. The van der Waals surface area contributed by atoms with E-state index in [9.17, 15) is 9.59 Å². The molecule has 0 saturated heterocycles. The van der Waals surface area contributed by atoms with Gasteiger partial charge in [-0.1, -0.05) is 17.7 Å². The van der Waals surface area contributed by atoms with E-state index in [2.05, 4.69) is 20.0 Å². The van der Waals surface area contributed by atoms with Gasteiger partial charge in [0, 0.05) is 23.5 Å². The number of amides is 2. The summed E-state index contributed by atoms with van der Waals surface area (Å²) in [5.74, 6) is 0.920. The van der Waals surface area contributed by atoms with Crippen LogP contribution >= 0.6 is 11.5 Å². The van der Waals surface area contributed by atoms with Crippen molar-refractivity contribution in [1.29, 1.82) is 0 Å². The molecule has 0 spiro atoms. The van der Waals surface area contributed by atoms with Crippen molar-refractivity contribution in [2.45, 2.75) is 39.2 Å². The SMILES string of the molecule is Cc1cccc(C(=O)NC(C)C(=O)Nc2nc(CC3CC3)ns2)c1. The lowest BCUT2D eigenvalue weighted by atomic mass is 10.1. The summed E-state index contributed by atoms with van der Waals surface area (Å²) in [4.78, 5) is 28.7. The molecule has 1 fully saturated rings. The summed E-state index contributed by atoms with van der Waals surface area (Å²) in [6.45, 7) is 3.57. The third-order valence-electron chi connectivity index (χ3n) is 3.89. The molecule has 1 saturated carbocycles. The van der Waals surface area contributed by atoms with Crippen molar-refractivity contribution >= 4 is 28.5 Å². The van der Waals surface area contributed by atoms with Gasteiger partial charge in [0.25, 0.3) is 5.91 Å². The van der Waals surface area contributed by atoms with Crippen LogP contribution in [0.1, 0.15) is 41.5 Å². The standard InChI is InChI=1S/C17H20N4O2S/c1-10-4-3-5-13(8-10)16(23)18-11(2)15(22)20-17-19-14(21-24-17)9-12-6-7-12/h3-5,8,11-12H,6-7,9H2,1-2H3,(H,18,23)(H,19,20,21,22). The number of rotatable bonds is 6. The van der Waals surface area contributed by atoms with E-state index in [4.69, 9.17) is 0 Å². The summed E-state index contributed by atoms with van der Waals surface area (Å²) < 4.78 is 4.26. The highest BCUT2D eigenvalue weighted by molar-refractivity contribution is 7.09. The topological polar surface area (TPSA) is 84.0 Å². The summed E-state index contributed by atoms with van der Waals surface area (Å²) in [6.07, 6.45) is 3.36. The third kappa shape index (κ3) is 4.38. The first-order chi connectivity index (χ1) is 11.5. The Balaban J connectivity index is 1.54. The molecule has 1 atom stereocenters. The maximum absolute atomic E-state index is 12.2. The second-order valence-corrected chi connectivity index (χ2v) is 6.97. The first kappa shape index (κ1) is 16.6. The molecule has 1 aromatic heterocycles. The first-order valence-corrected chi connectivity index (χ1v) is 8.79. The van der Waals surface area contributed by atoms with Gasteiger partial charge in [-0.2, -0.15) is 4.37 Å². The number of anilines is 1. The van der Waals surface area contributed by atoms with Crippen LogP contribution in [0.4, 0.5) is 5.13 Å². The Bertz CT molecular complexity index is 755. The highest BCUT2D eigenvalue weighted by atomic mass is 32.1. The Kier molecular flexibility index (Phi) is 4.89. The predicted octanol–water partition coefficient (Wildman–Crippen LogP) is 2.56. The summed E-state index contributed by atoms with van der Waals surface area (Å²) in [6, 6.07) is 6.59. The van der Waals surface area contributed by atoms with Gasteiger partial charge in [-0.15, -0.1) is 0 Å². The van der Waals surface area contributed by atoms with Crippen molar-refractivity contribution in [2.75, 3.05) is 5.32 Å². The van der Waals surface area contributed by atoms with Gasteiger partial charge in [-0.05, 0) is 44.7 Å². The Morgan fingerprint density at radius 3 is 2.88 bits per heavy atom. The Morgan fingerprint density at radius 1 is 1.38 bits per heavy atom. The number of aryl methyl sites for hydroxylation is 1. The van der Waals surface area contributed by atoms with E-state index in [1.54, 1.807) is 19.1 Å². The molecule has 24 heavy (non-hydrogen) atoms. The van der Waals surface area contributed by atoms with Crippen LogP contribution in [0.2, 0.25) is 0 Å². The molecule has 1 aliphatic carbocycles. The second-order valence-electron chi connectivity index (χ2n) is 6.22. The van der Waals surface area contributed by atoms with E-state index in [1.165, 1.54) is 24.4 Å². The van der Waals surface area contributed by atoms with Crippen LogP contribution in [0, 0.1) is 12.8 Å². The van der Waals surface area contributed by atoms with E-state index in [0.717, 1.165) is 17.8 Å². The Hall–Kier alpha value is -2.28. The molecule has 0 bridgehead atoms. The lowest BCUT2D eigenvalue weighted by Crippen LogP contribution is -2.41. The summed E-state index contributed by atoms with van der Waals surface area (Å²) in [7, 11) is 0. The highest BCUT2D eigenvalue weighted by Crippen LogP contribution is 2.32. The van der Waals surface area contributed by atoms with Crippen LogP contribution in [0.15, 0.2) is 24.3 Å². The molecule has 126 valence electrons. The molecular weight excluding hydrogens is 324 g/mol. The van der Waals surface area contributed by atoms with Gasteiger partial charge in [0.15, 0.2) is 0 Å². The van der Waals surface area contributed by atoms with Gasteiger partial charge in [0.05, 0.1) is 0 Å². The molecule has 1 aliphatic rings. The maximum atomic E-state index is 12.2. The van der Waals surface area contributed by atoms with Crippen molar-refractivity contribution in [1.82, 2.24) is 14.7 Å². The summed E-state index contributed by atoms with van der Waals surface area (Å²) in [5.41, 5.74) is 1.54. The Morgan fingerprint density at radius 2 is 2.17 bits per heavy atom. The normalized spacial score (nSPS) is 14.9. The number of nitrogens with one attached hydrogen (secondary N) is 2. The molecule has 2 N–H and O–H groups in total. The zero-order valence-electron chi connectivity index (χ0n) is 13.7. The summed E-state index contributed by atoms with van der Waals surface area (Å²) in [5, 5.41) is 5.89. The predicted molar refractivity (Wildman–Crippen MR) is 93.1 cm³/mol. The molecule has 3 rings (SSSR count). The van der Waals surface area contributed by atoms with Crippen LogP contribution in [0.3, 0.4) is 0 Å². The zero-order chi connectivity index (χ0) is 17.1. The van der Waals surface area contributed by atoms with E-state index in [0.29, 0.717) is 16.6 Å². The fraction of sp³-hybridized carbons (Fsp3) is 0.412. The zero-order valence-corrected chi connectivity index (χ0v) is 14.5. The quantitative estimate of drug-likeness (QED) is 0.843. The number of benzene rings is 1. The molecule has 1 unspecified atom stereocenters. The van der Waals surface area contributed by atoms with Crippen molar-refractivity contribution in [3.63, 3.8) is 0 Å². The van der Waals surface area contributed by atoms with Crippen molar-refractivity contribution in [3.8, 4) is 0 Å². The van der Waals surface area contributed by atoms with E-state index < -0.39 is 6.04 Å². The van der Waals surface area contributed by atoms with Crippen LogP contribution in [0.5, 0.6) is 0 Å². The number of hydrogen-bond donors (Lipinski definition) is 2. The fourth-order valence-electron chi connectivity index (χ4n) is 2.31. The average Bonchev–Trinajstić information content (AvgIpc) is 3.25. The van der Waals surface area contributed by atoms with Crippen LogP contribution < -0.4 is 10.6 Å². The molecule has 1 aromatic carbocycles. The molecule has 0 radical (unpaired) electrons. The number of aromatic nitrogens is 2. The minimum atomic E-state index is -0.659. The number of hydrogen-bond acceptors (Lipinski definition) is 5. The minimum absolute atomic E-state index is 0.270. The molecule has 6 nitrogen and oxygen atoms in total. The minimum Gasteiger partial charge on any atom is -0.341 e. The van der Waals surface area contributed by atoms with Gasteiger partial charge in [-0.3, -0.25) is 14.9 Å². The van der Waals surface area contributed by atoms with Gasteiger partial charge >= 0.3 is 0 Å². The van der Waals surface area contributed by atoms with Gasteiger partial charge in [0.2, 0.25) is 11.0 Å².